The number of hydrogen-bond donors (Lipinski definition) is 1. The zero-order valence-electron chi connectivity index (χ0n) is 17.6. The molecule has 0 aliphatic carbocycles. The van der Waals surface area contributed by atoms with E-state index in [1.165, 1.54) is 0 Å². The smallest absolute Gasteiger partial charge is 0.223 e. The Kier molecular flexibility index (Phi) is 6.63. The second kappa shape index (κ2) is 9.41. The van der Waals surface area contributed by atoms with E-state index >= 15 is 0 Å². The molecule has 0 unspecified atom stereocenters. The molecule has 1 saturated heterocycles. The second-order valence-electron chi connectivity index (χ2n) is 7.57. The lowest BCUT2D eigenvalue weighted by Gasteiger charge is -2.25. The van der Waals surface area contributed by atoms with E-state index in [9.17, 15) is 0 Å². The third-order valence-corrected chi connectivity index (χ3v) is 6.27. The summed E-state index contributed by atoms with van der Waals surface area (Å²) in [7, 11) is 0. The summed E-state index contributed by atoms with van der Waals surface area (Å²) in [5.74, 6) is 6.63. The fraction of sp³-hybridized carbons (Fsp3) is 0.409. The molecule has 9 heteroatoms. The van der Waals surface area contributed by atoms with E-state index < -0.39 is 0 Å². The molecule has 0 amide bonds. The van der Waals surface area contributed by atoms with Gasteiger partial charge in [-0.3, -0.25) is 9.88 Å². The highest BCUT2D eigenvalue weighted by Crippen LogP contribution is 2.28. The molecule has 2 N–H and O–H groups in total. The maximum absolute atomic E-state index is 6.42. The number of aryl methyl sites for hydroxylation is 1. The molecule has 3 aromatic rings. The Balaban J connectivity index is 1.64. The first-order chi connectivity index (χ1) is 14.9. The van der Waals surface area contributed by atoms with Gasteiger partial charge in [0.05, 0.1) is 36.4 Å². The predicted molar refractivity (Wildman–Crippen MR) is 124 cm³/mol. The number of nitrogen functional groups attached to an aromatic ring is 1. The third-order valence-electron chi connectivity index (χ3n) is 5.41. The third kappa shape index (κ3) is 4.78. The van der Waals surface area contributed by atoms with Crippen LogP contribution in [-0.2, 0) is 11.3 Å². The number of pyridine rings is 1. The zero-order chi connectivity index (χ0) is 22.0. The standard InChI is InChI=1S/C22H24Cl2N6O/c1-14-11-26-17(15(2)19(14)23)13-30-12-16(18-20(24)27-22(25)28-21(18)30)5-3-4-6-29-7-9-31-10-8-29/h11-12H,4,6-10,13H2,1-2H3,(H2,25,27,28). The largest absolute Gasteiger partial charge is 0.379 e. The van der Waals surface area contributed by atoms with E-state index in [-0.39, 0.29) is 5.95 Å². The Bertz CT molecular complexity index is 1170. The Hall–Kier alpha value is -2.37. The molecule has 4 heterocycles. The number of fused-ring (bicyclic) bond motifs is 1. The minimum absolute atomic E-state index is 0.121. The number of hydrogen-bond acceptors (Lipinski definition) is 6. The molecule has 162 valence electrons. The number of ether oxygens (including phenoxy) is 1. The van der Waals surface area contributed by atoms with E-state index in [1.54, 1.807) is 6.20 Å². The van der Waals surface area contributed by atoms with Crippen molar-refractivity contribution in [3.63, 3.8) is 0 Å². The highest BCUT2D eigenvalue weighted by molar-refractivity contribution is 6.34. The van der Waals surface area contributed by atoms with Crippen molar-refractivity contribution in [1.29, 1.82) is 0 Å². The van der Waals surface area contributed by atoms with Crippen molar-refractivity contribution in [3.05, 3.63) is 45.0 Å². The van der Waals surface area contributed by atoms with Crippen LogP contribution in [0.1, 0.15) is 28.8 Å². The molecule has 0 saturated carbocycles. The van der Waals surface area contributed by atoms with Crippen LogP contribution in [-0.4, -0.2) is 57.3 Å². The number of nitrogens with zero attached hydrogens (tertiary/aromatic N) is 5. The van der Waals surface area contributed by atoms with Crippen LogP contribution < -0.4 is 5.73 Å². The lowest BCUT2D eigenvalue weighted by atomic mass is 10.1. The van der Waals surface area contributed by atoms with Gasteiger partial charge in [-0.1, -0.05) is 35.0 Å². The van der Waals surface area contributed by atoms with Crippen LogP contribution in [0.3, 0.4) is 0 Å². The molecule has 31 heavy (non-hydrogen) atoms. The molecule has 3 aromatic heterocycles. The first-order valence-corrected chi connectivity index (χ1v) is 10.9. The molecular weight excluding hydrogens is 435 g/mol. The van der Waals surface area contributed by atoms with Gasteiger partial charge < -0.3 is 15.0 Å². The fourth-order valence-electron chi connectivity index (χ4n) is 3.64. The lowest BCUT2D eigenvalue weighted by molar-refractivity contribution is 0.0390. The van der Waals surface area contributed by atoms with Gasteiger partial charge in [-0.2, -0.15) is 4.98 Å². The highest BCUT2D eigenvalue weighted by Gasteiger charge is 2.17. The van der Waals surface area contributed by atoms with Gasteiger partial charge >= 0.3 is 0 Å². The van der Waals surface area contributed by atoms with Gasteiger partial charge in [0.15, 0.2) is 0 Å². The van der Waals surface area contributed by atoms with E-state index in [1.807, 2.05) is 24.6 Å². The quantitative estimate of drug-likeness (QED) is 0.476. The summed E-state index contributed by atoms with van der Waals surface area (Å²) in [4.78, 5) is 15.5. The molecule has 1 aliphatic heterocycles. The minimum Gasteiger partial charge on any atom is -0.379 e. The molecular formula is C22H24Cl2N6O. The Labute approximate surface area is 191 Å². The van der Waals surface area contributed by atoms with Crippen LogP contribution in [0.15, 0.2) is 12.4 Å². The first-order valence-electron chi connectivity index (χ1n) is 10.2. The summed E-state index contributed by atoms with van der Waals surface area (Å²) in [5, 5.41) is 1.72. The topological polar surface area (TPSA) is 82.1 Å². The predicted octanol–water partition coefficient (Wildman–Crippen LogP) is 3.45. The van der Waals surface area contributed by atoms with Gasteiger partial charge in [-0.05, 0) is 25.0 Å². The van der Waals surface area contributed by atoms with Gasteiger partial charge in [-0.15, -0.1) is 0 Å². The minimum atomic E-state index is 0.121. The molecule has 0 bridgehead atoms. The molecule has 0 aromatic carbocycles. The number of aromatic nitrogens is 4. The number of anilines is 1. The Morgan fingerprint density at radius 2 is 1.97 bits per heavy atom. The summed E-state index contributed by atoms with van der Waals surface area (Å²) < 4.78 is 7.34. The van der Waals surface area contributed by atoms with Crippen molar-refractivity contribution < 1.29 is 4.74 Å². The van der Waals surface area contributed by atoms with Crippen molar-refractivity contribution in [1.82, 2.24) is 24.4 Å². The Morgan fingerprint density at radius 1 is 1.19 bits per heavy atom. The van der Waals surface area contributed by atoms with Crippen molar-refractivity contribution in [3.8, 4) is 11.8 Å². The van der Waals surface area contributed by atoms with Crippen molar-refractivity contribution in [2.45, 2.75) is 26.8 Å². The van der Waals surface area contributed by atoms with Crippen molar-refractivity contribution in [2.75, 3.05) is 38.6 Å². The summed E-state index contributed by atoms with van der Waals surface area (Å²) >= 11 is 12.8. The number of morpholine rings is 1. The van der Waals surface area contributed by atoms with Crippen LogP contribution in [0, 0.1) is 25.7 Å². The molecule has 7 nitrogen and oxygen atoms in total. The summed E-state index contributed by atoms with van der Waals surface area (Å²) in [5.41, 5.74) is 10.0. The van der Waals surface area contributed by atoms with Crippen LogP contribution in [0.4, 0.5) is 5.95 Å². The van der Waals surface area contributed by atoms with E-state index in [4.69, 9.17) is 33.7 Å². The van der Waals surface area contributed by atoms with Gasteiger partial charge in [0.25, 0.3) is 0 Å². The van der Waals surface area contributed by atoms with Crippen LogP contribution in [0.25, 0.3) is 11.0 Å². The Morgan fingerprint density at radius 3 is 2.74 bits per heavy atom. The van der Waals surface area contributed by atoms with E-state index in [0.29, 0.717) is 22.7 Å². The number of halogens is 2. The normalized spacial score (nSPS) is 14.6. The van der Waals surface area contributed by atoms with E-state index in [0.717, 1.165) is 66.7 Å². The monoisotopic (exact) mass is 458 g/mol. The summed E-state index contributed by atoms with van der Waals surface area (Å²) in [6, 6.07) is 0. The lowest BCUT2D eigenvalue weighted by Crippen LogP contribution is -2.36. The average Bonchev–Trinajstić information content (AvgIpc) is 3.10. The zero-order valence-corrected chi connectivity index (χ0v) is 19.1. The highest BCUT2D eigenvalue weighted by atomic mass is 35.5. The van der Waals surface area contributed by atoms with Crippen molar-refractivity contribution >= 4 is 40.2 Å². The van der Waals surface area contributed by atoms with E-state index in [2.05, 4.69) is 31.7 Å². The first kappa shape index (κ1) is 21.8. The molecule has 1 aliphatic rings. The van der Waals surface area contributed by atoms with Gasteiger partial charge in [-0.25, -0.2) is 4.98 Å². The maximum atomic E-state index is 6.42. The fourth-order valence-corrected chi connectivity index (χ4v) is 4.07. The van der Waals surface area contributed by atoms with Crippen LogP contribution in [0.5, 0.6) is 0 Å². The summed E-state index contributed by atoms with van der Waals surface area (Å²) in [6.07, 6.45) is 4.47. The number of nitrogens with two attached hydrogens (primary N) is 1. The molecule has 1 fully saturated rings. The summed E-state index contributed by atoms with van der Waals surface area (Å²) in [6.45, 7) is 8.76. The average molecular weight is 459 g/mol. The van der Waals surface area contributed by atoms with Crippen molar-refractivity contribution in [2.24, 2.45) is 0 Å². The molecule has 0 spiro atoms. The second-order valence-corrected chi connectivity index (χ2v) is 8.31. The maximum Gasteiger partial charge on any atom is 0.223 e. The molecule has 4 rings (SSSR count). The molecule has 0 radical (unpaired) electrons. The van der Waals surface area contributed by atoms with Gasteiger partial charge in [0.1, 0.15) is 10.8 Å². The molecule has 0 atom stereocenters. The number of rotatable bonds is 4. The van der Waals surface area contributed by atoms with Crippen LogP contribution in [0.2, 0.25) is 10.2 Å². The van der Waals surface area contributed by atoms with Gasteiger partial charge in [0.2, 0.25) is 5.95 Å². The van der Waals surface area contributed by atoms with Crippen LogP contribution >= 0.6 is 23.2 Å². The van der Waals surface area contributed by atoms with Gasteiger partial charge in [0, 0.05) is 43.5 Å². The SMILES string of the molecule is Cc1cnc(Cn2cc(C#CCCN3CCOCC3)c3c(Cl)nc(N)nc32)c(C)c1Cl.